The van der Waals surface area contributed by atoms with Crippen LogP contribution in [0, 0.1) is 0 Å². The van der Waals surface area contributed by atoms with Gasteiger partial charge in [0.15, 0.2) is 5.13 Å². The van der Waals surface area contributed by atoms with Crippen molar-refractivity contribution in [2.45, 2.75) is 32.9 Å². The summed E-state index contributed by atoms with van der Waals surface area (Å²) in [5.41, 5.74) is 8.37. The first-order valence-electron chi connectivity index (χ1n) is 6.52. The van der Waals surface area contributed by atoms with Gasteiger partial charge >= 0.3 is 0 Å². The molecule has 1 heterocycles. The van der Waals surface area contributed by atoms with Crippen molar-refractivity contribution < 1.29 is 0 Å². The number of thiazole rings is 1. The maximum Gasteiger partial charge on any atom is 0.180 e. The van der Waals surface area contributed by atoms with Gasteiger partial charge < -0.3 is 5.73 Å². The topological polar surface area (TPSA) is 42.2 Å². The molecule has 4 heteroatoms. The zero-order valence-corrected chi connectivity index (χ0v) is 12.6. The highest BCUT2D eigenvalue weighted by molar-refractivity contribution is 7.15. The standard InChI is InChI=1S/C15H21N3S/c1-11(2)13-6-4-12(5-7-13)9-18(3)10-14-8-17-15(16)19-14/h4-8,11H,9-10H2,1-3H3,(H2,16,17). The molecule has 0 aliphatic rings. The van der Waals surface area contributed by atoms with Crippen LogP contribution in [0.5, 0.6) is 0 Å². The number of nitrogens with zero attached hydrogens (tertiary/aromatic N) is 2. The first-order valence-corrected chi connectivity index (χ1v) is 7.34. The summed E-state index contributed by atoms with van der Waals surface area (Å²) in [6, 6.07) is 8.87. The highest BCUT2D eigenvalue weighted by Crippen LogP contribution is 2.18. The van der Waals surface area contributed by atoms with Gasteiger partial charge in [-0.25, -0.2) is 4.98 Å². The summed E-state index contributed by atoms with van der Waals surface area (Å²) in [5.74, 6) is 0.590. The molecular formula is C15H21N3S. The van der Waals surface area contributed by atoms with Gasteiger partial charge in [-0.3, -0.25) is 4.90 Å². The van der Waals surface area contributed by atoms with E-state index in [1.54, 1.807) is 11.3 Å². The van der Waals surface area contributed by atoms with Crippen LogP contribution in [0.4, 0.5) is 5.13 Å². The van der Waals surface area contributed by atoms with E-state index < -0.39 is 0 Å². The molecule has 0 unspecified atom stereocenters. The van der Waals surface area contributed by atoms with Gasteiger partial charge in [-0.15, -0.1) is 11.3 Å². The van der Waals surface area contributed by atoms with E-state index in [0.29, 0.717) is 11.0 Å². The van der Waals surface area contributed by atoms with Gasteiger partial charge in [0.2, 0.25) is 0 Å². The number of nitrogens with two attached hydrogens (primary N) is 1. The van der Waals surface area contributed by atoms with Crippen LogP contribution in [0.25, 0.3) is 0 Å². The van der Waals surface area contributed by atoms with Crippen molar-refractivity contribution in [3.05, 3.63) is 46.5 Å². The van der Waals surface area contributed by atoms with Crippen LogP contribution in [-0.4, -0.2) is 16.9 Å². The smallest absolute Gasteiger partial charge is 0.180 e. The van der Waals surface area contributed by atoms with E-state index in [9.17, 15) is 0 Å². The van der Waals surface area contributed by atoms with Crippen molar-refractivity contribution in [1.29, 1.82) is 0 Å². The lowest BCUT2D eigenvalue weighted by atomic mass is 10.0. The van der Waals surface area contributed by atoms with Crippen LogP contribution >= 0.6 is 11.3 Å². The van der Waals surface area contributed by atoms with Crippen LogP contribution < -0.4 is 5.73 Å². The zero-order valence-electron chi connectivity index (χ0n) is 11.8. The molecule has 1 aromatic carbocycles. The Morgan fingerprint density at radius 3 is 2.42 bits per heavy atom. The second kappa shape index (κ2) is 6.17. The maximum atomic E-state index is 5.64. The number of nitrogen functional groups attached to an aromatic ring is 1. The molecule has 0 spiro atoms. The molecule has 0 radical (unpaired) electrons. The molecule has 0 aliphatic heterocycles. The number of anilines is 1. The molecule has 2 N–H and O–H groups in total. The lowest BCUT2D eigenvalue weighted by Crippen LogP contribution is -2.16. The first kappa shape index (κ1) is 14.0. The van der Waals surface area contributed by atoms with Crippen LogP contribution in [0.2, 0.25) is 0 Å². The van der Waals surface area contributed by atoms with Crippen LogP contribution in [-0.2, 0) is 13.1 Å². The number of benzene rings is 1. The molecule has 0 saturated heterocycles. The fraction of sp³-hybridized carbons (Fsp3) is 0.400. The lowest BCUT2D eigenvalue weighted by Gasteiger charge is -2.16. The summed E-state index contributed by atoms with van der Waals surface area (Å²) in [5, 5.41) is 0.643. The van der Waals surface area contributed by atoms with Crippen LogP contribution in [0.3, 0.4) is 0 Å². The molecule has 19 heavy (non-hydrogen) atoms. The Labute approximate surface area is 119 Å². The monoisotopic (exact) mass is 275 g/mol. The van der Waals surface area contributed by atoms with Crippen molar-refractivity contribution in [2.24, 2.45) is 0 Å². The Hall–Kier alpha value is -1.39. The summed E-state index contributed by atoms with van der Waals surface area (Å²) >= 11 is 1.56. The average molecular weight is 275 g/mol. The van der Waals surface area contributed by atoms with Gasteiger partial charge in [-0.05, 0) is 24.1 Å². The fourth-order valence-electron chi connectivity index (χ4n) is 2.04. The van der Waals surface area contributed by atoms with Crippen molar-refractivity contribution in [1.82, 2.24) is 9.88 Å². The van der Waals surface area contributed by atoms with E-state index in [-0.39, 0.29) is 0 Å². The molecule has 0 amide bonds. The molecule has 0 fully saturated rings. The average Bonchev–Trinajstić information content (AvgIpc) is 2.75. The van der Waals surface area contributed by atoms with Gasteiger partial charge in [0.05, 0.1) is 0 Å². The van der Waals surface area contributed by atoms with Crippen molar-refractivity contribution >= 4 is 16.5 Å². The Morgan fingerprint density at radius 1 is 1.21 bits per heavy atom. The molecular weight excluding hydrogens is 254 g/mol. The van der Waals surface area contributed by atoms with Gasteiger partial charge in [-0.1, -0.05) is 38.1 Å². The van der Waals surface area contributed by atoms with Crippen molar-refractivity contribution in [3.8, 4) is 0 Å². The fourth-order valence-corrected chi connectivity index (χ4v) is 2.80. The van der Waals surface area contributed by atoms with E-state index in [2.05, 4.69) is 55.0 Å². The Morgan fingerprint density at radius 2 is 1.89 bits per heavy atom. The van der Waals surface area contributed by atoms with E-state index in [1.807, 2.05) is 6.20 Å². The Kier molecular flexibility index (Phi) is 4.56. The summed E-state index contributed by atoms with van der Waals surface area (Å²) < 4.78 is 0. The Balaban J connectivity index is 1.93. The van der Waals surface area contributed by atoms with E-state index in [0.717, 1.165) is 13.1 Å². The number of aromatic nitrogens is 1. The second-order valence-corrected chi connectivity index (χ2v) is 6.38. The summed E-state index contributed by atoms with van der Waals surface area (Å²) in [6.45, 7) is 6.27. The molecule has 1 aromatic heterocycles. The minimum absolute atomic E-state index is 0.590. The minimum Gasteiger partial charge on any atom is -0.375 e. The summed E-state index contributed by atoms with van der Waals surface area (Å²) in [4.78, 5) is 7.56. The molecule has 0 aliphatic carbocycles. The van der Waals surface area contributed by atoms with Gasteiger partial charge in [0.25, 0.3) is 0 Å². The zero-order chi connectivity index (χ0) is 13.8. The predicted octanol–water partition coefficient (Wildman–Crippen LogP) is 3.48. The van der Waals surface area contributed by atoms with E-state index in [4.69, 9.17) is 5.73 Å². The SMILES string of the molecule is CC(C)c1ccc(CN(C)Cc2cnc(N)s2)cc1. The van der Waals surface area contributed by atoms with Crippen molar-refractivity contribution in [2.75, 3.05) is 12.8 Å². The van der Waals surface area contributed by atoms with E-state index in [1.165, 1.54) is 16.0 Å². The minimum atomic E-state index is 0.590. The summed E-state index contributed by atoms with van der Waals surface area (Å²) in [7, 11) is 2.12. The normalized spacial score (nSPS) is 11.4. The van der Waals surface area contributed by atoms with Gasteiger partial charge in [0.1, 0.15) is 0 Å². The van der Waals surface area contributed by atoms with Crippen molar-refractivity contribution in [3.63, 3.8) is 0 Å². The highest BCUT2D eigenvalue weighted by Gasteiger charge is 2.05. The molecule has 0 saturated carbocycles. The largest absolute Gasteiger partial charge is 0.375 e. The van der Waals surface area contributed by atoms with Crippen LogP contribution in [0.15, 0.2) is 30.5 Å². The second-order valence-electron chi connectivity index (χ2n) is 5.23. The summed E-state index contributed by atoms with van der Waals surface area (Å²) in [6.07, 6.45) is 1.86. The lowest BCUT2D eigenvalue weighted by molar-refractivity contribution is 0.322. The predicted molar refractivity (Wildman–Crippen MR) is 82.2 cm³/mol. The molecule has 0 bridgehead atoms. The van der Waals surface area contributed by atoms with Gasteiger partial charge in [-0.2, -0.15) is 0 Å². The van der Waals surface area contributed by atoms with Gasteiger partial charge in [0, 0.05) is 24.2 Å². The quantitative estimate of drug-likeness (QED) is 0.908. The molecule has 3 nitrogen and oxygen atoms in total. The third-order valence-electron chi connectivity index (χ3n) is 3.10. The molecule has 102 valence electrons. The molecule has 2 rings (SSSR count). The third kappa shape index (κ3) is 4.04. The number of rotatable bonds is 5. The Bertz CT molecular complexity index is 516. The molecule has 0 atom stereocenters. The molecule has 2 aromatic rings. The maximum absolute atomic E-state index is 5.64. The third-order valence-corrected chi connectivity index (χ3v) is 3.91. The first-order chi connectivity index (χ1) is 9.04. The number of hydrogen-bond acceptors (Lipinski definition) is 4. The number of hydrogen-bond donors (Lipinski definition) is 1. The van der Waals surface area contributed by atoms with Crippen LogP contribution in [0.1, 0.15) is 35.8 Å². The highest BCUT2D eigenvalue weighted by atomic mass is 32.1. The van der Waals surface area contributed by atoms with E-state index >= 15 is 0 Å².